The van der Waals surface area contributed by atoms with Crippen LogP contribution in [0, 0.1) is 12.1 Å². The van der Waals surface area contributed by atoms with Crippen molar-refractivity contribution in [3.8, 4) is 16.9 Å². The van der Waals surface area contributed by atoms with Gasteiger partial charge in [0.1, 0.15) is 5.75 Å². The van der Waals surface area contributed by atoms with Gasteiger partial charge in [-0.25, -0.2) is 9.50 Å². The number of hydrogen-bond acceptors (Lipinski definition) is 7. The average Bonchev–Trinajstić information content (AvgIpc) is 3.32. The predicted octanol–water partition coefficient (Wildman–Crippen LogP) is 2.72. The zero-order valence-electron chi connectivity index (χ0n) is 21.2. The van der Waals surface area contributed by atoms with Crippen molar-refractivity contribution in [2.24, 2.45) is 0 Å². The van der Waals surface area contributed by atoms with Gasteiger partial charge in [-0.1, -0.05) is 0 Å². The Bertz CT molecular complexity index is 1400. The third-order valence-corrected chi connectivity index (χ3v) is 7.93. The molecule has 0 bridgehead atoms. The monoisotopic (exact) mass is 487 g/mol. The molecule has 188 valence electrons. The van der Waals surface area contributed by atoms with E-state index in [1.165, 1.54) is 39.0 Å². The smallest absolute Gasteiger partial charge is 0.224 e. The lowest BCUT2D eigenvalue weighted by Gasteiger charge is -2.42. The number of ether oxygens (including phenoxy) is 1. The van der Waals surface area contributed by atoms with Crippen molar-refractivity contribution in [1.29, 1.82) is 0 Å². The first-order valence-electron chi connectivity index (χ1n) is 12.7. The second-order valence-electron chi connectivity index (χ2n) is 10.1. The maximum absolute atomic E-state index is 12.5. The molecule has 0 saturated carbocycles. The quantitative estimate of drug-likeness (QED) is 0.324. The highest BCUT2D eigenvalue weighted by Gasteiger charge is 2.27. The van der Waals surface area contributed by atoms with E-state index in [1.807, 2.05) is 42.0 Å². The second-order valence-corrected chi connectivity index (χ2v) is 10.1. The summed E-state index contributed by atoms with van der Waals surface area (Å²) in [6.45, 7) is 8.69. The Morgan fingerprint density at radius 2 is 1.81 bits per heavy atom. The second kappa shape index (κ2) is 9.22. The molecule has 0 amide bonds. The summed E-state index contributed by atoms with van der Waals surface area (Å²) in [5, 5.41) is 18.0. The number of aryl methyl sites for hydroxylation is 1. The van der Waals surface area contributed by atoms with E-state index < -0.39 is 0 Å². The number of rotatable bonds is 4. The Morgan fingerprint density at radius 1 is 1.03 bits per heavy atom. The SMILES string of the molecule is COc1cc2c(-c3cnn4cc(N5CCC(N6CCN(C)CC6)CC5)cnc34)cc[n+]([O-])c2cc1C. The van der Waals surface area contributed by atoms with Crippen molar-refractivity contribution in [2.75, 3.05) is 58.3 Å². The molecule has 0 unspecified atom stereocenters. The van der Waals surface area contributed by atoms with Gasteiger partial charge in [-0.15, -0.1) is 0 Å². The summed E-state index contributed by atoms with van der Waals surface area (Å²) in [7, 11) is 3.86. The number of aromatic nitrogens is 4. The number of benzene rings is 1. The maximum Gasteiger partial charge on any atom is 0.224 e. The average molecular weight is 488 g/mol. The summed E-state index contributed by atoms with van der Waals surface area (Å²) in [5.41, 5.74) is 5.21. The van der Waals surface area contributed by atoms with E-state index in [-0.39, 0.29) is 0 Å². The highest BCUT2D eigenvalue weighted by molar-refractivity contribution is 5.97. The fourth-order valence-corrected chi connectivity index (χ4v) is 5.73. The normalized spacial score (nSPS) is 18.4. The van der Waals surface area contributed by atoms with E-state index in [0.717, 1.165) is 57.0 Å². The number of anilines is 1. The minimum Gasteiger partial charge on any atom is -0.618 e. The largest absolute Gasteiger partial charge is 0.618 e. The minimum atomic E-state index is 0.602. The van der Waals surface area contributed by atoms with Crippen molar-refractivity contribution in [1.82, 2.24) is 24.4 Å². The number of piperazine rings is 1. The first kappa shape index (κ1) is 23.0. The van der Waals surface area contributed by atoms with E-state index >= 15 is 0 Å². The highest BCUT2D eigenvalue weighted by Crippen LogP contribution is 2.34. The predicted molar refractivity (Wildman–Crippen MR) is 140 cm³/mol. The van der Waals surface area contributed by atoms with E-state index in [0.29, 0.717) is 11.6 Å². The van der Waals surface area contributed by atoms with Crippen LogP contribution in [0.1, 0.15) is 18.4 Å². The highest BCUT2D eigenvalue weighted by atomic mass is 16.5. The number of methoxy groups -OCH3 is 1. The summed E-state index contributed by atoms with van der Waals surface area (Å²) in [4.78, 5) is 12.3. The van der Waals surface area contributed by atoms with Crippen molar-refractivity contribution in [3.63, 3.8) is 0 Å². The fraction of sp³-hybridized carbons (Fsp3) is 0.444. The third-order valence-electron chi connectivity index (χ3n) is 7.93. The maximum atomic E-state index is 12.5. The molecular formula is C27H33N7O2. The summed E-state index contributed by atoms with van der Waals surface area (Å²) in [5.74, 6) is 0.752. The van der Waals surface area contributed by atoms with Gasteiger partial charge >= 0.3 is 0 Å². The van der Waals surface area contributed by atoms with Gasteiger partial charge < -0.3 is 19.7 Å². The molecule has 0 radical (unpaired) electrons. The molecule has 2 saturated heterocycles. The number of pyridine rings is 1. The fourth-order valence-electron chi connectivity index (χ4n) is 5.73. The van der Waals surface area contributed by atoms with E-state index in [4.69, 9.17) is 9.72 Å². The molecule has 2 fully saturated rings. The molecule has 0 aliphatic carbocycles. The van der Waals surface area contributed by atoms with Crippen molar-refractivity contribution < 1.29 is 9.47 Å². The Morgan fingerprint density at radius 3 is 2.56 bits per heavy atom. The van der Waals surface area contributed by atoms with Crippen LogP contribution in [0.5, 0.6) is 5.75 Å². The Balaban J connectivity index is 1.26. The van der Waals surface area contributed by atoms with Crippen LogP contribution in [0.15, 0.2) is 43.0 Å². The first-order valence-corrected chi connectivity index (χ1v) is 12.7. The lowest BCUT2D eigenvalue weighted by molar-refractivity contribution is -0.576. The lowest BCUT2D eigenvalue weighted by Crippen LogP contribution is -2.52. The molecule has 4 aromatic rings. The summed E-state index contributed by atoms with van der Waals surface area (Å²) >= 11 is 0. The molecule has 0 atom stereocenters. The van der Waals surface area contributed by atoms with Crippen LogP contribution in [0.3, 0.4) is 0 Å². The number of fused-ring (bicyclic) bond motifs is 2. The standard InChI is InChI=1S/C27H33N7O2/c1-19-14-25-23(15-26(19)36-3)22(6-9-34(25)35)24-17-29-33-18-21(16-28-27(24)33)31-7-4-20(5-8-31)32-12-10-30(2)11-13-32/h6,9,14-18,20H,4-5,7-8,10-13H2,1-3H3. The molecule has 9 heteroatoms. The number of hydrogen-bond donors (Lipinski definition) is 0. The molecule has 0 spiro atoms. The van der Waals surface area contributed by atoms with Gasteiger partial charge in [-0.2, -0.15) is 9.83 Å². The summed E-state index contributed by atoms with van der Waals surface area (Å²) in [6.07, 6.45) is 9.77. The number of piperidine rings is 1. The van der Waals surface area contributed by atoms with Gasteiger partial charge in [0, 0.05) is 68.6 Å². The summed E-state index contributed by atoms with van der Waals surface area (Å²) < 4.78 is 8.28. The summed E-state index contributed by atoms with van der Waals surface area (Å²) in [6, 6.07) is 6.31. The van der Waals surface area contributed by atoms with E-state index in [2.05, 4.69) is 33.0 Å². The van der Waals surface area contributed by atoms with Crippen LogP contribution >= 0.6 is 0 Å². The molecule has 2 aliphatic heterocycles. The topological polar surface area (TPSA) is 76.1 Å². The molecular weight excluding hydrogens is 454 g/mol. The van der Waals surface area contributed by atoms with Gasteiger partial charge in [0.2, 0.25) is 5.52 Å². The molecule has 9 nitrogen and oxygen atoms in total. The van der Waals surface area contributed by atoms with Gasteiger partial charge in [0.15, 0.2) is 11.8 Å². The Hall–Kier alpha value is -3.43. The van der Waals surface area contributed by atoms with Gasteiger partial charge in [-0.05, 0) is 38.4 Å². The minimum absolute atomic E-state index is 0.602. The number of nitrogens with zero attached hydrogens (tertiary/aromatic N) is 7. The van der Waals surface area contributed by atoms with Gasteiger partial charge in [-0.3, -0.25) is 4.90 Å². The third kappa shape index (κ3) is 4.02. The van der Waals surface area contributed by atoms with Crippen molar-refractivity contribution >= 4 is 22.2 Å². The van der Waals surface area contributed by atoms with Crippen LogP contribution in [0.25, 0.3) is 27.7 Å². The van der Waals surface area contributed by atoms with Crippen molar-refractivity contribution in [3.05, 3.63) is 53.8 Å². The van der Waals surface area contributed by atoms with Crippen LogP contribution < -0.4 is 14.4 Å². The molecule has 0 N–H and O–H groups in total. The van der Waals surface area contributed by atoms with E-state index in [1.54, 1.807) is 13.3 Å². The van der Waals surface area contributed by atoms with Crippen molar-refractivity contribution in [2.45, 2.75) is 25.8 Å². The van der Waals surface area contributed by atoms with E-state index in [9.17, 15) is 5.21 Å². The molecule has 3 aromatic heterocycles. The molecule has 6 rings (SSSR count). The molecule has 36 heavy (non-hydrogen) atoms. The molecule has 2 aliphatic rings. The van der Waals surface area contributed by atoms with Crippen LogP contribution in [-0.4, -0.2) is 83.9 Å². The van der Waals surface area contributed by atoms with Gasteiger partial charge in [0.05, 0.1) is 36.8 Å². The zero-order valence-corrected chi connectivity index (χ0v) is 21.2. The Kier molecular flexibility index (Phi) is 5.89. The molecule has 1 aromatic carbocycles. The number of likely N-dealkylation sites (N-methyl/N-ethyl adjacent to an activating group) is 1. The van der Waals surface area contributed by atoms with Gasteiger partial charge in [0.25, 0.3) is 0 Å². The van der Waals surface area contributed by atoms with Crippen LogP contribution in [0.4, 0.5) is 5.69 Å². The molecule has 5 heterocycles. The van der Waals surface area contributed by atoms with Crippen LogP contribution in [-0.2, 0) is 0 Å². The first-order chi connectivity index (χ1) is 17.5. The Labute approximate surface area is 211 Å². The lowest BCUT2D eigenvalue weighted by atomic mass is 10.0. The zero-order chi connectivity index (χ0) is 24.8. The van der Waals surface area contributed by atoms with Crippen LogP contribution in [0.2, 0.25) is 0 Å².